The first-order valence-corrected chi connectivity index (χ1v) is 13.4. The lowest BCUT2D eigenvalue weighted by Gasteiger charge is -2.30. The molecule has 2 unspecified atom stereocenters. The lowest BCUT2D eigenvalue weighted by atomic mass is 9.89. The summed E-state index contributed by atoms with van der Waals surface area (Å²) in [5.74, 6) is 0.131. The van der Waals surface area contributed by atoms with E-state index in [2.05, 4.69) is 23.2 Å². The highest BCUT2D eigenvalue weighted by Crippen LogP contribution is 2.36. The quantitative estimate of drug-likeness (QED) is 0.351. The van der Waals surface area contributed by atoms with Gasteiger partial charge in [0, 0.05) is 23.6 Å². The number of ether oxygens (including phenoxy) is 1. The van der Waals surface area contributed by atoms with Gasteiger partial charge in [-0.2, -0.15) is 0 Å². The number of carbonyl (C=O) groups excluding carboxylic acids is 2. The topological polar surface area (TPSA) is 81.5 Å². The fraction of sp³-hybridized carbons (Fsp3) is 0.310. The number of aryl methyl sites for hydroxylation is 2. The van der Waals surface area contributed by atoms with E-state index in [1.807, 2.05) is 5.38 Å². The highest BCUT2D eigenvalue weighted by atomic mass is 32.1. The number of fused-ring (bicyclic) bond motifs is 3. The average Bonchev–Trinajstić information content (AvgIpc) is 3.36. The molecule has 2 aromatic carbocycles. The van der Waals surface area contributed by atoms with Crippen LogP contribution in [0.1, 0.15) is 54.2 Å². The molecule has 0 spiro atoms. The number of benzene rings is 2. The minimum absolute atomic E-state index is 0.178. The Labute approximate surface area is 218 Å². The third-order valence-corrected chi connectivity index (χ3v) is 8.45. The number of Topliss-reactive ketones (excluding diaryl/α,β-unsaturated/α-hetero) is 1. The van der Waals surface area contributed by atoms with E-state index in [1.54, 1.807) is 39.1 Å². The van der Waals surface area contributed by atoms with Crippen LogP contribution in [0.2, 0.25) is 0 Å². The Morgan fingerprint density at radius 1 is 1.11 bits per heavy atom. The lowest BCUT2D eigenvalue weighted by molar-refractivity contribution is -0.125. The minimum atomic E-state index is -0.775. The summed E-state index contributed by atoms with van der Waals surface area (Å²) in [6, 6.07) is 10.7. The van der Waals surface area contributed by atoms with Crippen molar-refractivity contribution in [1.29, 1.82) is 0 Å². The second-order valence-corrected chi connectivity index (χ2v) is 10.7. The third kappa shape index (κ3) is 3.87. The monoisotopic (exact) mass is 513 g/mol. The number of amides is 1. The maximum absolute atomic E-state index is 13.7. The Hall–Kier alpha value is -3.78. The Morgan fingerprint density at radius 3 is 2.70 bits per heavy atom. The normalized spacial score (nSPS) is 17.8. The van der Waals surface area contributed by atoms with Crippen molar-refractivity contribution in [2.45, 2.75) is 51.7 Å². The molecule has 7 nitrogen and oxygen atoms in total. The molecule has 2 aromatic heterocycles. The van der Waals surface area contributed by atoms with E-state index in [0.29, 0.717) is 27.2 Å². The van der Waals surface area contributed by atoms with Crippen molar-refractivity contribution in [3.05, 3.63) is 75.1 Å². The van der Waals surface area contributed by atoms with Crippen molar-refractivity contribution in [3.8, 4) is 16.9 Å². The molecule has 2 aliphatic rings. The van der Waals surface area contributed by atoms with Crippen molar-refractivity contribution in [2.24, 2.45) is 0 Å². The van der Waals surface area contributed by atoms with Crippen LogP contribution in [-0.2, 0) is 17.6 Å². The standard InChI is InChI=1S/C29H27N3O4S/c1-16(26(33)21-10-11-24-23(13-21)31(3)28(34)17(2)36-24)32-15-30-27-25(29(32)35)22(14-37-27)20-9-8-18-6-4-5-7-19(18)12-20/h8-17H,4-7H2,1-3H3. The first-order chi connectivity index (χ1) is 17.8. The summed E-state index contributed by atoms with van der Waals surface area (Å²) in [5, 5.41) is 2.53. The number of carbonyl (C=O) groups is 2. The first kappa shape index (κ1) is 23.6. The number of rotatable bonds is 4. The van der Waals surface area contributed by atoms with Crippen molar-refractivity contribution in [1.82, 2.24) is 9.55 Å². The molecular weight excluding hydrogens is 486 g/mol. The molecule has 1 amide bonds. The number of anilines is 1. The van der Waals surface area contributed by atoms with E-state index in [-0.39, 0.29) is 17.2 Å². The molecule has 1 aliphatic carbocycles. The number of hydrogen-bond donors (Lipinski definition) is 0. The van der Waals surface area contributed by atoms with E-state index in [4.69, 9.17) is 4.74 Å². The molecular formula is C29H27N3O4S. The van der Waals surface area contributed by atoms with Gasteiger partial charge in [0.25, 0.3) is 11.5 Å². The van der Waals surface area contributed by atoms with Crippen LogP contribution in [0.3, 0.4) is 0 Å². The van der Waals surface area contributed by atoms with Crippen LogP contribution >= 0.6 is 11.3 Å². The van der Waals surface area contributed by atoms with E-state index >= 15 is 0 Å². The maximum Gasteiger partial charge on any atom is 0.267 e. The van der Waals surface area contributed by atoms with E-state index in [9.17, 15) is 14.4 Å². The van der Waals surface area contributed by atoms with Crippen molar-refractivity contribution in [2.75, 3.05) is 11.9 Å². The highest BCUT2D eigenvalue weighted by Gasteiger charge is 2.30. The molecule has 0 bridgehead atoms. The Morgan fingerprint density at radius 2 is 1.89 bits per heavy atom. The van der Waals surface area contributed by atoms with Gasteiger partial charge in [0.05, 0.1) is 23.4 Å². The molecule has 37 heavy (non-hydrogen) atoms. The molecule has 0 N–H and O–H groups in total. The fourth-order valence-corrected chi connectivity index (χ4v) is 6.27. The van der Waals surface area contributed by atoms with Gasteiger partial charge in [0.2, 0.25) is 0 Å². The summed E-state index contributed by atoms with van der Waals surface area (Å²) in [6.07, 6.45) is 5.45. The Bertz CT molecular complexity index is 1640. The van der Waals surface area contributed by atoms with E-state index in [0.717, 1.165) is 24.0 Å². The molecule has 0 saturated heterocycles. The Kier molecular flexibility index (Phi) is 5.71. The first-order valence-electron chi connectivity index (χ1n) is 12.6. The lowest BCUT2D eigenvalue weighted by Crippen LogP contribution is -2.42. The highest BCUT2D eigenvalue weighted by molar-refractivity contribution is 7.17. The van der Waals surface area contributed by atoms with Crippen LogP contribution in [0.15, 0.2) is 52.9 Å². The van der Waals surface area contributed by atoms with Gasteiger partial charge in [-0.1, -0.05) is 18.2 Å². The molecule has 188 valence electrons. The van der Waals surface area contributed by atoms with E-state index in [1.165, 1.54) is 51.1 Å². The fourth-order valence-electron chi connectivity index (χ4n) is 5.37. The molecule has 0 saturated carbocycles. The number of thiophene rings is 1. The molecule has 4 aromatic rings. The third-order valence-electron chi connectivity index (χ3n) is 7.56. The van der Waals surface area contributed by atoms with Gasteiger partial charge in [-0.05, 0) is 74.4 Å². The predicted octanol–water partition coefficient (Wildman–Crippen LogP) is 5.19. The summed E-state index contributed by atoms with van der Waals surface area (Å²) >= 11 is 1.44. The molecule has 2 atom stereocenters. The van der Waals surface area contributed by atoms with Crippen LogP contribution in [0.5, 0.6) is 5.75 Å². The number of nitrogens with zero attached hydrogens (tertiary/aromatic N) is 3. The van der Waals surface area contributed by atoms with Gasteiger partial charge in [-0.3, -0.25) is 19.0 Å². The zero-order chi connectivity index (χ0) is 25.8. The summed E-state index contributed by atoms with van der Waals surface area (Å²) in [5.41, 5.74) is 5.32. The van der Waals surface area contributed by atoms with Crippen LogP contribution < -0.4 is 15.2 Å². The summed E-state index contributed by atoms with van der Waals surface area (Å²) < 4.78 is 7.08. The van der Waals surface area contributed by atoms with Crippen molar-refractivity contribution in [3.63, 3.8) is 0 Å². The molecule has 1 aliphatic heterocycles. The average molecular weight is 514 g/mol. The van der Waals surface area contributed by atoms with Gasteiger partial charge in [0.1, 0.15) is 10.6 Å². The zero-order valence-corrected chi connectivity index (χ0v) is 21.8. The molecule has 0 radical (unpaired) electrons. The summed E-state index contributed by atoms with van der Waals surface area (Å²) in [7, 11) is 1.67. The van der Waals surface area contributed by atoms with Crippen molar-refractivity contribution < 1.29 is 14.3 Å². The van der Waals surface area contributed by atoms with Crippen LogP contribution in [0.4, 0.5) is 5.69 Å². The van der Waals surface area contributed by atoms with Gasteiger partial charge in [-0.15, -0.1) is 11.3 Å². The largest absolute Gasteiger partial charge is 0.479 e. The van der Waals surface area contributed by atoms with Gasteiger partial charge >= 0.3 is 0 Å². The second kappa shape index (κ2) is 8.95. The Balaban J connectivity index is 1.37. The number of ketones is 1. The van der Waals surface area contributed by atoms with Gasteiger partial charge in [0.15, 0.2) is 11.9 Å². The second-order valence-electron chi connectivity index (χ2n) is 9.86. The SMILES string of the molecule is CC1Oc2ccc(C(=O)C(C)n3cnc4scc(-c5ccc6c(c5)CCCC6)c4c3=O)cc2N(C)C1=O. The van der Waals surface area contributed by atoms with Crippen LogP contribution in [-0.4, -0.2) is 34.4 Å². The van der Waals surface area contributed by atoms with Crippen molar-refractivity contribution >= 4 is 38.9 Å². The summed E-state index contributed by atoms with van der Waals surface area (Å²) in [4.78, 5) is 46.3. The van der Waals surface area contributed by atoms with Crippen LogP contribution in [0.25, 0.3) is 21.3 Å². The van der Waals surface area contributed by atoms with Crippen LogP contribution in [0, 0.1) is 0 Å². The molecule has 3 heterocycles. The van der Waals surface area contributed by atoms with E-state index < -0.39 is 12.1 Å². The summed E-state index contributed by atoms with van der Waals surface area (Å²) in [6.45, 7) is 3.40. The predicted molar refractivity (Wildman–Crippen MR) is 145 cm³/mol. The van der Waals surface area contributed by atoms with Gasteiger partial charge < -0.3 is 9.64 Å². The molecule has 8 heteroatoms. The molecule has 6 rings (SSSR count). The number of likely N-dealkylation sites (N-methyl/N-ethyl adjacent to an activating group) is 1. The number of hydrogen-bond acceptors (Lipinski definition) is 6. The smallest absolute Gasteiger partial charge is 0.267 e. The maximum atomic E-state index is 13.7. The minimum Gasteiger partial charge on any atom is -0.479 e. The zero-order valence-electron chi connectivity index (χ0n) is 21.0. The van der Waals surface area contributed by atoms with Gasteiger partial charge in [-0.25, -0.2) is 4.98 Å². The number of aromatic nitrogens is 2. The molecule has 0 fully saturated rings.